The molecule has 1 saturated heterocycles. The molecule has 2 rings (SSSR count). The van der Waals surface area contributed by atoms with Crippen molar-refractivity contribution in [1.82, 2.24) is 10.2 Å². The maximum atomic E-state index is 12.4. The molecular weight excluding hydrogens is 179 g/mol. The second-order valence-corrected chi connectivity index (χ2v) is 4.88. The fraction of sp³-hybridized carbons (Fsp3) is 1.00. The summed E-state index contributed by atoms with van der Waals surface area (Å²) in [6.07, 6.45) is 5.24. The third-order valence-corrected chi connectivity index (χ3v) is 3.83. The van der Waals surface area contributed by atoms with E-state index in [9.17, 15) is 4.39 Å². The van der Waals surface area contributed by atoms with E-state index in [1.807, 2.05) is 0 Å². The lowest BCUT2D eigenvalue weighted by Gasteiger charge is -2.45. The molecule has 0 aromatic rings. The number of halogens is 1. The van der Waals surface area contributed by atoms with Gasteiger partial charge in [0, 0.05) is 31.2 Å². The van der Waals surface area contributed by atoms with Gasteiger partial charge in [-0.15, -0.1) is 0 Å². The van der Waals surface area contributed by atoms with Gasteiger partial charge in [0.05, 0.1) is 0 Å². The largest absolute Gasteiger partial charge is 0.308 e. The summed E-state index contributed by atoms with van der Waals surface area (Å²) in [4.78, 5) is 2.31. The molecule has 1 heterocycles. The van der Waals surface area contributed by atoms with Crippen LogP contribution in [-0.4, -0.2) is 42.8 Å². The summed E-state index contributed by atoms with van der Waals surface area (Å²) in [6, 6.07) is 0.497. The molecule has 0 aromatic carbocycles. The molecule has 1 aliphatic carbocycles. The van der Waals surface area contributed by atoms with Crippen LogP contribution >= 0.6 is 0 Å². The summed E-state index contributed by atoms with van der Waals surface area (Å²) in [5, 5.41) is 3.67. The van der Waals surface area contributed by atoms with Crippen molar-refractivity contribution in [2.45, 2.75) is 44.2 Å². The van der Waals surface area contributed by atoms with Crippen molar-refractivity contribution in [3.8, 4) is 0 Å². The van der Waals surface area contributed by atoms with Crippen molar-refractivity contribution in [1.29, 1.82) is 0 Å². The molecule has 82 valence electrons. The number of rotatable bonds is 2. The van der Waals surface area contributed by atoms with Crippen molar-refractivity contribution in [2.24, 2.45) is 0 Å². The standard InChI is InChI=1S/C11H21FN2/c1-10-8-13-11(4-2-3-5-11)9-14(10)7-6-12/h10,13H,2-9H2,1H3. The quantitative estimate of drug-likeness (QED) is 0.728. The Bertz CT molecular complexity index is 190. The Morgan fingerprint density at radius 3 is 2.79 bits per heavy atom. The zero-order chi connectivity index (χ0) is 10.0. The van der Waals surface area contributed by atoms with E-state index in [1.165, 1.54) is 25.7 Å². The lowest BCUT2D eigenvalue weighted by Crippen LogP contribution is -2.62. The summed E-state index contributed by atoms with van der Waals surface area (Å²) in [6.45, 7) is 4.67. The zero-order valence-electron chi connectivity index (χ0n) is 9.06. The molecule has 0 radical (unpaired) electrons. The third kappa shape index (κ3) is 1.94. The lowest BCUT2D eigenvalue weighted by molar-refractivity contribution is 0.0834. The van der Waals surface area contributed by atoms with Gasteiger partial charge in [0.1, 0.15) is 6.67 Å². The first-order valence-corrected chi connectivity index (χ1v) is 5.81. The highest BCUT2D eigenvalue weighted by molar-refractivity contribution is 4.99. The van der Waals surface area contributed by atoms with Crippen LogP contribution in [0.3, 0.4) is 0 Å². The van der Waals surface area contributed by atoms with Crippen LogP contribution in [0.1, 0.15) is 32.6 Å². The van der Waals surface area contributed by atoms with Crippen molar-refractivity contribution >= 4 is 0 Å². The normalized spacial score (nSPS) is 32.6. The average Bonchev–Trinajstić information content (AvgIpc) is 2.61. The third-order valence-electron chi connectivity index (χ3n) is 3.83. The maximum absolute atomic E-state index is 12.4. The second kappa shape index (κ2) is 4.15. The highest BCUT2D eigenvalue weighted by Crippen LogP contribution is 2.32. The monoisotopic (exact) mass is 200 g/mol. The molecule has 2 fully saturated rings. The van der Waals surface area contributed by atoms with E-state index >= 15 is 0 Å². The van der Waals surface area contributed by atoms with Gasteiger partial charge in [0.25, 0.3) is 0 Å². The van der Waals surface area contributed by atoms with Crippen LogP contribution in [0.25, 0.3) is 0 Å². The Balaban J connectivity index is 1.97. The van der Waals surface area contributed by atoms with Crippen LogP contribution in [0.2, 0.25) is 0 Å². The molecule has 0 bridgehead atoms. The molecule has 0 amide bonds. The Kier molecular flexibility index (Phi) is 3.07. The number of alkyl halides is 1. The molecule has 1 unspecified atom stereocenters. The highest BCUT2D eigenvalue weighted by atomic mass is 19.1. The van der Waals surface area contributed by atoms with Gasteiger partial charge in [-0.25, -0.2) is 4.39 Å². The minimum Gasteiger partial charge on any atom is -0.308 e. The van der Waals surface area contributed by atoms with Crippen molar-refractivity contribution in [3.05, 3.63) is 0 Å². The van der Waals surface area contributed by atoms with E-state index in [4.69, 9.17) is 0 Å². The molecule has 1 aliphatic heterocycles. The molecule has 1 N–H and O–H groups in total. The summed E-state index contributed by atoms with van der Waals surface area (Å²) in [7, 11) is 0. The average molecular weight is 200 g/mol. The first-order valence-electron chi connectivity index (χ1n) is 5.81. The molecule has 2 aliphatic rings. The number of piperazine rings is 1. The van der Waals surface area contributed by atoms with Gasteiger partial charge < -0.3 is 5.32 Å². The Hall–Kier alpha value is -0.150. The van der Waals surface area contributed by atoms with E-state index in [1.54, 1.807) is 0 Å². The number of hydrogen-bond donors (Lipinski definition) is 1. The van der Waals surface area contributed by atoms with Crippen LogP contribution in [0, 0.1) is 0 Å². The van der Waals surface area contributed by atoms with Crippen molar-refractivity contribution in [3.63, 3.8) is 0 Å². The van der Waals surface area contributed by atoms with Crippen molar-refractivity contribution in [2.75, 3.05) is 26.3 Å². The van der Waals surface area contributed by atoms with Gasteiger partial charge in [-0.3, -0.25) is 4.90 Å². The molecule has 2 nitrogen and oxygen atoms in total. The topological polar surface area (TPSA) is 15.3 Å². The van der Waals surface area contributed by atoms with Crippen LogP contribution in [0.15, 0.2) is 0 Å². The lowest BCUT2D eigenvalue weighted by atomic mass is 9.93. The Labute approximate surface area is 85.9 Å². The van der Waals surface area contributed by atoms with Crippen LogP contribution in [0.4, 0.5) is 4.39 Å². The predicted octanol–water partition coefficient (Wildman–Crippen LogP) is 1.56. The van der Waals surface area contributed by atoms with Gasteiger partial charge in [-0.1, -0.05) is 12.8 Å². The Morgan fingerprint density at radius 2 is 2.14 bits per heavy atom. The summed E-state index contributed by atoms with van der Waals surface area (Å²) >= 11 is 0. The number of hydrogen-bond acceptors (Lipinski definition) is 2. The number of nitrogens with one attached hydrogen (secondary N) is 1. The van der Waals surface area contributed by atoms with Gasteiger partial charge >= 0.3 is 0 Å². The molecular formula is C11H21FN2. The predicted molar refractivity (Wildman–Crippen MR) is 56.2 cm³/mol. The number of nitrogens with zero attached hydrogens (tertiary/aromatic N) is 1. The highest BCUT2D eigenvalue weighted by Gasteiger charge is 2.39. The minimum atomic E-state index is -0.208. The van der Waals surface area contributed by atoms with E-state index < -0.39 is 0 Å². The van der Waals surface area contributed by atoms with Gasteiger partial charge in [0.2, 0.25) is 0 Å². The molecule has 0 aromatic heterocycles. The first kappa shape index (κ1) is 10.4. The van der Waals surface area contributed by atoms with E-state index in [2.05, 4.69) is 17.1 Å². The van der Waals surface area contributed by atoms with Crippen LogP contribution in [0.5, 0.6) is 0 Å². The second-order valence-electron chi connectivity index (χ2n) is 4.88. The maximum Gasteiger partial charge on any atom is 0.102 e. The fourth-order valence-electron chi connectivity index (χ4n) is 2.89. The molecule has 1 atom stereocenters. The van der Waals surface area contributed by atoms with E-state index in [0.29, 0.717) is 18.1 Å². The first-order chi connectivity index (χ1) is 6.76. The molecule has 14 heavy (non-hydrogen) atoms. The van der Waals surface area contributed by atoms with Crippen molar-refractivity contribution < 1.29 is 4.39 Å². The van der Waals surface area contributed by atoms with E-state index in [0.717, 1.165) is 13.1 Å². The minimum absolute atomic E-state index is 0.208. The molecule has 1 saturated carbocycles. The van der Waals surface area contributed by atoms with Gasteiger partial charge in [-0.05, 0) is 19.8 Å². The Morgan fingerprint density at radius 1 is 1.43 bits per heavy atom. The summed E-state index contributed by atoms with van der Waals surface area (Å²) < 4.78 is 12.4. The van der Waals surface area contributed by atoms with Gasteiger partial charge in [0.15, 0.2) is 0 Å². The summed E-state index contributed by atoms with van der Waals surface area (Å²) in [5.74, 6) is 0. The summed E-state index contributed by atoms with van der Waals surface area (Å²) in [5.41, 5.74) is 0.335. The molecule has 1 spiro atoms. The SMILES string of the molecule is CC1CNC2(CCCC2)CN1CCF. The van der Waals surface area contributed by atoms with E-state index in [-0.39, 0.29) is 6.67 Å². The fourth-order valence-corrected chi connectivity index (χ4v) is 2.89. The van der Waals surface area contributed by atoms with Crippen LogP contribution in [-0.2, 0) is 0 Å². The van der Waals surface area contributed by atoms with Crippen LogP contribution < -0.4 is 5.32 Å². The smallest absolute Gasteiger partial charge is 0.102 e. The molecule has 3 heteroatoms. The van der Waals surface area contributed by atoms with Gasteiger partial charge in [-0.2, -0.15) is 0 Å². The zero-order valence-corrected chi connectivity index (χ0v) is 9.06.